The molecule has 0 spiro atoms. The monoisotopic (exact) mass is 289 g/mol. The van der Waals surface area contributed by atoms with Crippen LogP contribution in [0, 0.1) is 0 Å². The minimum absolute atomic E-state index is 0.224. The zero-order chi connectivity index (χ0) is 13.5. The van der Waals surface area contributed by atoms with Gasteiger partial charge in [0.15, 0.2) is 0 Å². The van der Waals surface area contributed by atoms with E-state index in [1.807, 2.05) is 11.9 Å². The highest BCUT2D eigenvalue weighted by Gasteiger charge is 2.14. The highest BCUT2D eigenvalue weighted by atomic mass is 35.5. The molecule has 1 aromatic heterocycles. The number of anilines is 2. The van der Waals surface area contributed by atoms with Crippen molar-refractivity contribution in [2.45, 2.75) is 26.3 Å². The summed E-state index contributed by atoms with van der Waals surface area (Å²) in [5, 5.41) is 3.35. The second kappa shape index (κ2) is 7.63. The van der Waals surface area contributed by atoms with Crippen LogP contribution in [0.5, 0.6) is 0 Å². The van der Waals surface area contributed by atoms with Crippen LogP contribution in [0.2, 0.25) is 5.28 Å². The SMILES string of the molecule is CCCNc1nc(Cl)nc(N(C)C(C)CSC)n1. The molecule has 0 amide bonds. The van der Waals surface area contributed by atoms with Gasteiger partial charge in [0.2, 0.25) is 17.2 Å². The maximum atomic E-state index is 5.92. The van der Waals surface area contributed by atoms with Crippen molar-refractivity contribution in [1.29, 1.82) is 0 Å². The Labute approximate surface area is 118 Å². The predicted molar refractivity (Wildman–Crippen MR) is 79.9 cm³/mol. The number of aromatic nitrogens is 3. The first kappa shape index (κ1) is 15.3. The summed E-state index contributed by atoms with van der Waals surface area (Å²) in [7, 11) is 1.97. The summed E-state index contributed by atoms with van der Waals surface area (Å²) in [5.74, 6) is 2.16. The molecule has 1 atom stereocenters. The van der Waals surface area contributed by atoms with Crippen molar-refractivity contribution in [1.82, 2.24) is 15.0 Å². The lowest BCUT2D eigenvalue weighted by Crippen LogP contribution is -2.32. The molecule has 18 heavy (non-hydrogen) atoms. The molecule has 7 heteroatoms. The van der Waals surface area contributed by atoms with Gasteiger partial charge in [-0.3, -0.25) is 0 Å². The number of thioether (sulfide) groups is 1. The van der Waals surface area contributed by atoms with Crippen LogP contribution in [-0.2, 0) is 0 Å². The van der Waals surface area contributed by atoms with Gasteiger partial charge in [0, 0.05) is 25.4 Å². The van der Waals surface area contributed by atoms with Crippen molar-refractivity contribution in [3.8, 4) is 0 Å². The molecule has 0 fully saturated rings. The topological polar surface area (TPSA) is 53.9 Å². The average molecular weight is 290 g/mol. The first-order chi connectivity index (χ1) is 8.58. The van der Waals surface area contributed by atoms with Crippen LogP contribution in [0.4, 0.5) is 11.9 Å². The van der Waals surface area contributed by atoms with Gasteiger partial charge in [-0.1, -0.05) is 6.92 Å². The van der Waals surface area contributed by atoms with Crippen LogP contribution >= 0.6 is 23.4 Å². The smallest absolute Gasteiger partial charge is 0.231 e. The molecule has 0 bridgehead atoms. The lowest BCUT2D eigenvalue weighted by atomic mass is 10.3. The summed E-state index contributed by atoms with van der Waals surface area (Å²) in [4.78, 5) is 14.6. The Morgan fingerprint density at radius 2 is 2.11 bits per heavy atom. The van der Waals surface area contributed by atoms with E-state index in [9.17, 15) is 0 Å². The minimum Gasteiger partial charge on any atom is -0.354 e. The van der Waals surface area contributed by atoms with Gasteiger partial charge in [0.25, 0.3) is 0 Å². The number of nitrogens with zero attached hydrogens (tertiary/aromatic N) is 4. The first-order valence-electron chi connectivity index (χ1n) is 5.95. The average Bonchev–Trinajstić information content (AvgIpc) is 2.35. The Bertz CT molecular complexity index is 376. The number of halogens is 1. The lowest BCUT2D eigenvalue weighted by molar-refractivity contribution is 0.734. The van der Waals surface area contributed by atoms with Gasteiger partial charge in [-0.15, -0.1) is 0 Å². The molecule has 0 aliphatic rings. The maximum absolute atomic E-state index is 5.92. The Hall–Kier alpha value is -0.750. The molecule has 0 radical (unpaired) electrons. The summed E-state index contributed by atoms with van der Waals surface area (Å²) in [6, 6.07) is 0.345. The highest BCUT2D eigenvalue weighted by molar-refractivity contribution is 7.98. The van der Waals surface area contributed by atoms with Crippen molar-refractivity contribution in [3.63, 3.8) is 0 Å². The van der Waals surface area contributed by atoms with E-state index in [1.54, 1.807) is 11.8 Å². The third-order valence-corrected chi connectivity index (χ3v) is 3.50. The molecule has 5 nitrogen and oxygen atoms in total. The second-order valence-corrected chi connectivity index (χ2v) is 5.32. The number of rotatable bonds is 7. The van der Waals surface area contributed by atoms with Crippen molar-refractivity contribution in [2.75, 3.05) is 35.8 Å². The fourth-order valence-corrected chi connectivity index (χ4v) is 2.23. The summed E-state index contributed by atoms with van der Waals surface area (Å²) in [6.45, 7) is 5.04. The molecule has 0 aliphatic carbocycles. The Morgan fingerprint density at radius 1 is 1.39 bits per heavy atom. The Balaban J connectivity index is 2.84. The van der Waals surface area contributed by atoms with E-state index in [4.69, 9.17) is 11.6 Å². The molecule has 0 saturated heterocycles. The quantitative estimate of drug-likeness (QED) is 0.832. The molecule has 1 aromatic rings. The zero-order valence-corrected chi connectivity index (χ0v) is 12.8. The Kier molecular flexibility index (Phi) is 6.49. The lowest BCUT2D eigenvalue weighted by Gasteiger charge is -2.24. The van der Waals surface area contributed by atoms with E-state index in [1.165, 1.54) is 0 Å². The molecule has 1 N–H and O–H groups in total. The normalized spacial score (nSPS) is 12.3. The van der Waals surface area contributed by atoms with Crippen LogP contribution in [0.25, 0.3) is 0 Å². The molecule has 0 saturated carbocycles. The third kappa shape index (κ3) is 4.49. The van der Waals surface area contributed by atoms with E-state index in [2.05, 4.69) is 40.4 Å². The van der Waals surface area contributed by atoms with Crippen molar-refractivity contribution in [3.05, 3.63) is 5.28 Å². The fraction of sp³-hybridized carbons (Fsp3) is 0.727. The molecule has 1 rings (SSSR count). The van der Waals surface area contributed by atoms with Gasteiger partial charge in [0.1, 0.15) is 0 Å². The molecular formula is C11H20ClN5S. The van der Waals surface area contributed by atoms with Crippen molar-refractivity contribution in [2.24, 2.45) is 0 Å². The van der Waals surface area contributed by atoms with Crippen LogP contribution in [0.15, 0.2) is 0 Å². The van der Waals surface area contributed by atoms with Gasteiger partial charge in [-0.25, -0.2) is 0 Å². The molecule has 1 unspecified atom stereocenters. The fourth-order valence-electron chi connectivity index (χ4n) is 1.36. The van der Waals surface area contributed by atoms with Crippen LogP contribution in [0.1, 0.15) is 20.3 Å². The van der Waals surface area contributed by atoms with Gasteiger partial charge >= 0.3 is 0 Å². The van der Waals surface area contributed by atoms with E-state index in [0.717, 1.165) is 18.7 Å². The van der Waals surface area contributed by atoms with Crippen LogP contribution < -0.4 is 10.2 Å². The van der Waals surface area contributed by atoms with Crippen LogP contribution in [-0.4, -0.2) is 46.6 Å². The summed E-state index contributed by atoms with van der Waals surface area (Å²) >= 11 is 7.71. The minimum atomic E-state index is 0.224. The van der Waals surface area contributed by atoms with Gasteiger partial charge in [0.05, 0.1) is 0 Å². The highest BCUT2D eigenvalue weighted by Crippen LogP contribution is 2.16. The van der Waals surface area contributed by atoms with E-state index in [0.29, 0.717) is 17.9 Å². The molecule has 0 aromatic carbocycles. The molecule has 0 aliphatic heterocycles. The standard InChI is InChI=1S/C11H20ClN5S/c1-5-6-13-10-14-9(12)15-11(16-10)17(3)8(2)7-18-4/h8H,5-7H2,1-4H3,(H,13,14,15,16). The number of hydrogen-bond acceptors (Lipinski definition) is 6. The molecule has 1 heterocycles. The van der Waals surface area contributed by atoms with Crippen molar-refractivity contribution < 1.29 is 0 Å². The summed E-state index contributed by atoms with van der Waals surface area (Å²) < 4.78 is 0. The predicted octanol–water partition coefficient (Wildman–Crippen LogP) is 2.53. The van der Waals surface area contributed by atoms with E-state index in [-0.39, 0.29) is 5.28 Å². The Morgan fingerprint density at radius 3 is 2.72 bits per heavy atom. The maximum Gasteiger partial charge on any atom is 0.231 e. The number of nitrogens with one attached hydrogen (secondary N) is 1. The van der Waals surface area contributed by atoms with Gasteiger partial charge < -0.3 is 10.2 Å². The van der Waals surface area contributed by atoms with Crippen molar-refractivity contribution >= 4 is 35.3 Å². The summed E-state index contributed by atoms with van der Waals surface area (Å²) in [6.07, 6.45) is 3.09. The molecule has 102 valence electrons. The van der Waals surface area contributed by atoms with Crippen LogP contribution in [0.3, 0.4) is 0 Å². The largest absolute Gasteiger partial charge is 0.354 e. The number of hydrogen-bond donors (Lipinski definition) is 1. The summed E-state index contributed by atoms with van der Waals surface area (Å²) in [5.41, 5.74) is 0. The third-order valence-electron chi connectivity index (χ3n) is 2.51. The van der Waals surface area contributed by atoms with E-state index >= 15 is 0 Å². The molecular weight excluding hydrogens is 270 g/mol. The van der Waals surface area contributed by atoms with E-state index < -0.39 is 0 Å². The van der Waals surface area contributed by atoms with Gasteiger partial charge in [-0.05, 0) is 31.2 Å². The second-order valence-electron chi connectivity index (χ2n) is 4.07. The van der Waals surface area contributed by atoms with Gasteiger partial charge in [-0.2, -0.15) is 26.7 Å². The zero-order valence-electron chi connectivity index (χ0n) is 11.3. The first-order valence-corrected chi connectivity index (χ1v) is 7.72.